The molecule has 0 aliphatic heterocycles. The number of carbonyl (C=O) groups excluding carboxylic acids is 2. The second-order valence-electron chi connectivity index (χ2n) is 8.69. The van der Waals surface area contributed by atoms with Gasteiger partial charge in [0.2, 0.25) is 11.8 Å². The second-order valence-corrected chi connectivity index (χ2v) is 9.53. The molecule has 1 aliphatic rings. The first kappa shape index (κ1) is 24.6. The van der Waals surface area contributed by atoms with Gasteiger partial charge in [0, 0.05) is 22.6 Å². The molecule has 1 fully saturated rings. The summed E-state index contributed by atoms with van der Waals surface area (Å²) in [5, 5.41) is 4.20. The van der Waals surface area contributed by atoms with Crippen molar-refractivity contribution in [3.05, 3.63) is 69.2 Å². The van der Waals surface area contributed by atoms with Crippen molar-refractivity contribution in [3.63, 3.8) is 0 Å². The van der Waals surface area contributed by atoms with E-state index in [1.807, 2.05) is 32.0 Å². The van der Waals surface area contributed by atoms with E-state index in [0.717, 1.165) is 36.8 Å². The third-order valence-electron chi connectivity index (χ3n) is 6.13. The minimum Gasteiger partial charge on any atom is -0.352 e. The molecule has 1 saturated carbocycles. The topological polar surface area (TPSA) is 49.4 Å². The number of hydrogen-bond donors (Lipinski definition) is 1. The van der Waals surface area contributed by atoms with Crippen molar-refractivity contribution in [3.8, 4) is 0 Å². The lowest BCUT2D eigenvalue weighted by Crippen LogP contribution is -2.52. The molecule has 0 bridgehead atoms. The zero-order valence-electron chi connectivity index (χ0n) is 18.9. The van der Waals surface area contributed by atoms with E-state index in [0.29, 0.717) is 28.6 Å². The van der Waals surface area contributed by atoms with Crippen LogP contribution in [-0.4, -0.2) is 28.8 Å². The molecular weight excluding hydrogens is 443 g/mol. The molecule has 1 aliphatic carbocycles. The largest absolute Gasteiger partial charge is 0.352 e. The maximum Gasteiger partial charge on any atom is 0.243 e. The van der Waals surface area contributed by atoms with E-state index in [1.54, 1.807) is 23.1 Å². The van der Waals surface area contributed by atoms with Crippen molar-refractivity contribution in [1.82, 2.24) is 10.2 Å². The van der Waals surface area contributed by atoms with Crippen LogP contribution in [0.5, 0.6) is 0 Å². The predicted octanol–water partition coefficient (Wildman–Crippen LogP) is 6.10. The molecule has 1 atom stereocenters. The second kappa shape index (κ2) is 11.7. The highest BCUT2D eigenvalue weighted by Crippen LogP contribution is 2.24. The minimum absolute atomic E-state index is 0.0670. The fourth-order valence-corrected chi connectivity index (χ4v) is 4.88. The van der Waals surface area contributed by atoms with E-state index in [9.17, 15) is 9.59 Å². The molecule has 0 saturated heterocycles. The van der Waals surface area contributed by atoms with Crippen LogP contribution in [0.4, 0.5) is 0 Å². The quantitative estimate of drug-likeness (QED) is 0.502. The molecule has 4 nitrogen and oxygen atoms in total. The molecule has 1 N–H and O–H groups in total. The molecule has 2 aromatic rings. The highest BCUT2D eigenvalue weighted by molar-refractivity contribution is 6.35. The van der Waals surface area contributed by atoms with Gasteiger partial charge in [0.1, 0.15) is 6.04 Å². The van der Waals surface area contributed by atoms with Crippen LogP contribution in [0.25, 0.3) is 0 Å². The van der Waals surface area contributed by atoms with Gasteiger partial charge in [0.15, 0.2) is 0 Å². The number of nitrogens with one attached hydrogen (secondary N) is 1. The maximum absolute atomic E-state index is 13.5. The molecular formula is C26H32Cl2N2O2. The van der Waals surface area contributed by atoms with E-state index in [1.165, 1.54) is 6.42 Å². The standard InChI is InChI=1S/C26H32Cl2N2O2/c1-3-24(26(32)29-22-10-5-4-6-11-22)30(17-19-9-7-8-18(2)14-19)25(31)15-20-12-13-21(27)16-23(20)28/h7-9,12-14,16,22,24H,3-6,10-11,15,17H2,1-2H3,(H,29,32)/t24-/m1/s1. The van der Waals surface area contributed by atoms with Gasteiger partial charge in [0.05, 0.1) is 6.42 Å². The maximum atomic E-state index is 13.5. The van der Waals surface area contributed by atoms with Crippen LogP contribution in [0.1, 0.15) is 62.1 Å². The number of nitrogens with zero attached hydrogens (tertiary/aromatic N) is 1. The molecule has 3 rings (SSSR count). The van der Waals surface area contributed by atoms with Gasteiger partial charge in [-0.3, -0.25) is 9.59 Å². The summed E-state index contributed by atoms with van der Waals surface area (Å²) in [6, 6.07) is 12.9. The molecule has 32 heavy (non-hydrogen) atoms. The molecule has 0 aromatic heterocycles. The highest BCUT2D eigenvalue weighted by atomic mass is 35.5. The van der Waals surface area contributed by atoms with E-state index in [2.05, 4.69) is 11.4 Å². The highest BCUT2D eigenvalue weighted by Gasteiger charge is 2.30. The summed E-state index contributed by atoms with van der Waals surface area (Å²) < 4.78 is 0. The van der Waals surface area contributed by atoms with E-state index < -0.39 is 6.04 Å². The summed E-state index contributed by atoms with van der Waals surface area (Å²) in [5.74, 6) is -0.191. The van der Waals surface area contributed by atoms with Gasteiger partial charge in [-0.2, -0.15) is 0 Å². The van der Waals surface area contributed by atoms with Gasteiger partial charge in [0.25, 0.3) is 0 Å². The summed E-state index contributed by atoms with van der Waals surface area (Å²) in [6.07, 6.45) is 6.19. The first-order valence-electron chi connectivity index (χ1n) is 11.5. The number of hydrogen-bond acceptors (Lipinski definition) is 2. The zero-order chi connectivity index (χ0) is 23.1. The van der Waals surface area contributed by atoms with Crippen LogP contribution >= 0.6 is 23.2 Å². The van der Waals surface area contributed by atoms with Gasteiger partial charge in [-0.15, -0.1) is 0 Å². The number of carbonyl (C=O) groups is 2. The van der Waals surface area contributed by atoms with Gasteiger partial charge in [-0.05, 0) is 49.4 Å². The monoisotopic (exact) mass is 474 g/mol. The van der Waals surface area contributed by atoms with Gasteiger partial charge < -0.3 is 10.2 Å². The first-order chi connectivity index (χ1) is 15.4. The Morgan fingerprint density at radius 2 is 1.84 bits per heavy atom. The average molecular weight is 475 g/mol. The Morgan fingerprint density at radius 3 is 2.50 bits per heavy atom. The SMILES string of the molecule is CC[C@H](C(=O)NC1CCCCC1)N(Cc1cccc(C)c1)C(=O)Cc1ccc(Cl)cc1Cl. The Kier molecular flexibility index (Phi) is 9.01. The molecule has 0 heterocycles. The third-order valence-corrected chi connectivity index (χ3v) is 6.72. The lowest BCUT2D eigenvalue weighted by Gasteiger charge is -2.33. The summed E-state index contributed by atoms with van der Waals surface area (Å²) in [7, 11) is 0. The van der Waals surface area contributed by atoms with Crippen LogP contribution in [0.15, 0.2) is 42.5 Å². The van der Waals surface area contributed by atoms with Crippen molar-refractivity contribution >= 4 is 35.0 Å². The van der Waals surface area contributed by atoms with E-state index in [-0.39, 0.29) is 24.3 Å². The smallest absolute Gasteiger partial charge is 0.243 e. The molecule has 6 heteroatoms. The summed E-state index contributed by atoms with van der Waals surface area (Å²) in [5.41, 5.74) is 2.83. The lowest BCUT2D eigenvalue weighted by molar-refractivity contribution is -0.141. The Morgan fingerprint density at radius 1 is 1.09 bits per heavy atom. The van der Waals surface area contributed by atoms with Crippen LogP contribution in [0.2, 0.25) is 10.0 Å². The fraction of sp³-hybridized carbons (Fsp3) is 0.462. The number of halogens is 2. The molecule has 0 spiro atoms. The van der Waals surface area contributed by atoms with Crippen molar-refractivity contribution in [2.45, 2.75) is 77.4 Å². The third kappa shape index (κ3) is 6.73. The van der Waals surface area contributed by atoms with Crippen LogP contribution in [0, 0.1) is 6.92 Å². The Labute approximate surface area is 201 Å². The molecule has 172 valence electrons. The van der Waals surface area contributed by atoms with Crippen LogP contribution in [-0.2, 0) is 22.6 Å². The fourth-order valence-electron chi connectivity index (χ4n) is 4.40. The number of aryl methyl sites for hydroxylation is 1. The average Bonchev–Trinajstić information content (AvgIpc) is 2.76. The number of amides is 2. The molecule has 0 radical (unpaired) electrons. The Bertz CT molecular complexity index is 941. The normalized spacial score (nSPS) is 15.2. The zero-order valence-corrected chi connectivity index (χ0v) is 20.4. The van der Waals surface area contributed by atoms with Crippen molar-refractivity contribution in [2.75, 3.05) is 0 Å². The first-order valence-corrected chi connectivity index (χ1v) is 12.2. The summed E-state index contributed by atoms with van der Waals surface area (Å²) >= 11 is 12.3. The molecule has 2 amide bonds. The van der Waals surface area contributed by atoms with E-state index >= 15 is 0 Å². The van der Waals surface area contributed by atoms with Crippen molar-refractivity contribution < 1.29 is 9.59 Å². The number of rotatable bonds is 8. The van der Waals surface area contributed by atoms with Crippen molar-refractivity contribution in [1.29, 1.82) is 0 Å². The van der Waals surface area contributed by atoms with E-state index in [4.69, 9.17) is 23.2 Å². The van der Waals surface area contributed by atoms with Crippen molar-refractivity contribution in [2.24, 2.45) is 0 Å². The predicted molar refractivity (Wildman–Crippen MR) is 131 cm³/mol. The minimum atomic E-state index is -0.531. The van der Waals surface area contributed by atoms with Gasteiger partial charge >= 0.3 is 0 Å². The van der Waals surface area contributed by atoms with Crippen LogP contribution in [0.3, 0.4) is 0 Å². The van der Waals surface area contributed by atoms with Crippen LogP contribution < -0.4 is 5.32 Å². The molecule has 2 aromatic carbocycles. The summed E-state index contributed by atoms with van der Waals surface area (Å²) in [6.45, 7) is 4.36. The molecule has 0 unspecified atom stereocenters. The van der Waals surface area contributed by atoms with Gasteiger partial charge in [-0.25, -0.2) is 0 Å². The Hall–Kier alpha value is -2.04. The lowest BCUT2D eigenvalue weighted by atomic mass is 9.95. The number of benzene rings is 2. The summed E-state index contributed by atoms with van der Waals surface area (Å²) in [4.78, 5) is 28.5. The van der Waals surface area contributed by atoms with Gasteiger partial charge in [-0.1, -0.05) is 85.3 Å². The Balaban J connectivity index is 1.83.